The van der Waals surface area contributed by atoms with Crippen LogP contribution in [-0.4, -0.2) is 15.4 Å². The van der Waals surface area contributed by atoms with Crippen LogP contribution in [0.5, 0.6) is 0 Å². The van der Waals surface area contributed by atoms with Crippen molar-refractivity contribution < 1.29 is 0 Å². The van der Waals surface area contributed by atoms with Gasteiger partial charge in [0.15, 0.2) is 0 Å². The first-order chi connectivity index (χ1) is 11.0. The Morgan fingerprint density at radius 1 is 0.696 bits per heavy atom. The highest BCUT2D eigenvalue weighted by atomic mass is 35.5. The molecule has 0 fully saturated rings. The number of halogens is 1. The number of hydrogen-bond acceptors (Lipinski definition) is 3. The van der Waals surface area contributed by atoms with Crippen LogP contribution in [0.4, 0.5) is 0 Å². The maximum atomic E-state index is 6.66. The number of aromatic nitrogens is 3. The molecule has 0 N–H and O–H groups in total. The van der Waals surface area contributed by atoms with Gasteiger partial charge in [-0.25, -0.2) is 0 Å². The minimum Gasteiger partial charge on any atom is -0.128 e. The molecule has 0 atom stereocenters. The van der Waals surface area contributed by atoms with Gasteiger partial charge in [-0.05, 0) is 55.2 Å². The zero-order chi connectivity index (χ0) is 16.6. The summed E-state index contributed by atoms with van der Waals surface area (Å²) in [6.45, 7) is 8.29. The molecule has 0 aliphatic rings. The van der Waals surface area contributed by atoms with Crippen molar-refractivity contribution in [2.24, 2.45) is 0 Å². The maximum absolute atomic E-state index is 6.66. The predicted octanol–water partition coefficient (Wildman–Crippen LogP) is 5.09. The summed E-state index contributed by atoms with van der Waals surface area (Å²) >= 11 is 6.66. The first-order valence-corrected chi connectivity index (χ1v) is 7.90. The summed E-state index contributed by atoms with van der Waals surface area (Å²) < 4.78 is 0. The fourth-order valence-corrected chi connectivity index (χ4v) is 2.95. The third-order valence-corrected chi connectivity index (χ3v) is 4.78. The quantitative estimate of drug-likeness (QED) is 0.659. The van der Waals surface area contributed by atoms with E-state index in [1.54, 1.807) is 0 Å². The van der Waals surface area contributed by atoms with Crippen molar-refractivity contribution in [3.63, 3.8) is 0 Å². The Hall–Kier alpha value is -2.26. The van der Waals surface area contributed by atoms with Crippen molar-refractivity contribution in [3.8, 4) is 22.5 Å². The fourth-order valence-electron chi connectivity index (χ4n) is 2.67. The fraction of sp³-hybridized carbons (Fsp3) is 0.211. The van der Waals surface area contributed by atoms with Gasteiger partial charge in [0.1, 0.15) is 11.4 Å². The number of rotatable bonds is 2. The number of aryl methyl sites for hydroxylation is 2. The van der Waals surface area contributed by atoms with Gasteiger partial charge in [0.25, 0.3) is 0 Å². The molecule has 0 radical (unpaired) electrons. The van der Waals surface area contributed by atoms with E-state index in [9.17, 15) is 0 Å². The van der Waals surface area contributed by atoms with E-state index in [4.69, 9.17) is 11.6 Å². The molecule has 0 unspecified atom stereocenters. The molecule has 1 heterocycles. The van der Waals surface area contributed by atoms with Crippen molar-refractivity contribution in [1.82, 2.24) is 15.4 Å². The first-order valence-electron chi connectivity index (χ1n) is 7.52. The third-order valence-electron chi connectivity index (χ3n) is 4.42. The van der Waals surface area contributed by atoms with Crippen LogP contribution < -0.4 is 0 Å². The summed E-state index contributed by atoms with van der Waals surface area (Å²) in [6, 6.07) is 12.2. The average molecular weight is 324 g/mol. The van der Waals surface area contributed by atoms with Gasteiger partial charge in [-0.3, -0.25) is 0 Å². The Bertz CT molecular complexity index is 818. The van der Waals surface area contributed by atoms with E-state index in [2.05, 4.69) is 55.2 Å². The molecule has 0 amide bonds. The van der Waals surface area contributed by atoms with E-state index >= 15 is 0 Å². The molecule has 0 spiro atoms. The third kappa shape index (κ3) is 2.73. The molecule has 4 heteroatoms. The standard InChI is InChI=1S/C19H18ClN3/c1-11-7-5-9-15(13(11)3)18-17(20)19(22-23-21-18)16-10-6-8-12(2)14(16)4/h5-10H,1-4H3. The van der Waals surface area contributed by atoms with Gasteiger partial charge in [0.05, 0.1) is 5.02 Å². The summed E-state index contributed by atoms with van der Waals surface area (Å²) in [4.78, 5) is 0. The first kappa shape index (κ1) is 15.6. The normalized spacial score (nSPS) is 10.8. The lowest BCUT2D eigenvalue weighted by Gasteiger charge is -2.12. The Morgan fingerprint density at radius 3 is 1.57 bits per heavy atom. The molecular weight excluding hydrogens is 306 g/mol. The van der Waals surface area contributed by atoms with Crippen LogP contribution >= 0.6 is 11.6 Å². The summed E-state index contributed by atoms with van der Waals surface area (Å²) in [5.74, 6) is 0. The highest BCUT2D eigenvalue weighted by Gasteiger charge is 2.17. The summed E-state index contributed by atoms with van der Waals surface area (Å²) in [6.07, 6.45) is 0. The molecule has 0 aliphatic carbocycles. The van der Waals surface area contributed by atoms with E-state index in [0.717, 1.165) is 22.3 Å². The van der Waals surface area contributed by atoms with Crippen molar-refractivity contribution in [3.05, 3.63) is 63.7 Å². The van der Waals surface area contributed by atoms with Crippen molar-refractivity contribution in [1.29, 1.82) is 0 Å². The van der Waals surface area contributed by atoms with Gasteiger partial charge >= 0.3 is 0 Å². The van der Waals surface area contributed by atoms with Crippen LogP contribution in [0.15, 0.2) is 36.4 Å². The van der Waals surface area contributed by atoms with Crippen LogP contribution in [0.25, 0.3) is 22.5 Å². The second-order valence-corrected chi connectivity index (χ2v) is 6.17. The smallest absolute Gasteiger partial charge is 0.116 e. The van der Waals surface area contributed by atoms with Crippen molar-refractivity contribution >= 4 is 11.6 Å². The zero-order valence-electron chi connectivity index (χ0n) is 13.7. The lowest BCUT2D eigenvalue weighted by atomic mass is 9.97. The Kier molecular flexibility index (Phi) is 4.14. The van der Waals surface area contributed by atoms with Crippen LogP contribution in [-0.2, 0) is 0 Å². The lowest BCUT2D eigenvalue weighted by molar-refractivity contribution is 0.875. The highest BCUT2D eigenvalue weighted by Crippen LogP contribution is 2.36. The number of benzene rings is 2. The minimum absolute atomic E-state index is 0.544. The van der Waals surface area contributed by atoms with Gasteiger partial charge < -0.3 is 0 Å². The molecule has 2 aromatic carbocycles. The topological polar surface area (TPSA) is 38.7 Å². The Labute approximate surface area is 141 Å². The monoisotopic (exact) mass is 323 g/mol. The molecule has 3 nitrogen and oxygen atoms in total. The number of nitrogens with zero attached hydrogens (tertiary/aromatic N) is 3. The van der Waals surface area contributed by atoms with Crippen molar-refractivity contribution in [2.45, 2.75) is 27.7 Å². The lowest BCUT2D eigenvalue weighted by Crippen LogP contribution is -2.00. The molecular formula is C19H18ClN3. The van der Waals surface area contributed by atoms with Crippen LogP contribution in [0.3, 0.4) is 0 Å². The minimum atomic E-state index is 0.544. The van der Waals surface area contributed by atoms with Gasteiger partial charge in [-0.15, -0.1) is 10.2 Å². The summed E-state index contributed by atoms with van der Waals surface area (Å²) in [5.41, 5.74) is 8.06. The highest BCUT2D eigenvalue weighted by molar-refractivity contribution is 6.35. The van der Waals surface area contributed by atoms with Crippen LogP contribution in [0.2, 0.25) is 5.02 Å². The molecule has 0 bridgehead atoms. The molecule has 23 heavy (non-hydrogen) atoms. The maximum Gasteiger partial charge on any atom is 0.116 e. The largest absolute Gasteiger partial charge is 0.128 e. The average Bonchev–Trinajstić information content (AvgIpc) is 2.54. The van der Waals surface area contributed by atoms with Gasteiger partial charge in [0, 0.05) is 11.1 Å². The van der Waals surface area contributed by atoms with E-state index in [0.29, 0.717) is 16.4 Å². The van der Waals surface area contributed by atoms with Crippen molar-refractivity contribution in [2.75, 3.05) is 0 Å². The van der Waals surface area contributed by atoms with Gasteiger partial charge in [0.2, 0.25) is 0 Å². The molecule has 3 rings (SSSR count). The van der Waals surface area contributed by atoms with Crippen LogP contribution in [0.1, 0.15) is 22.3 Å². The van der Waals surface area contributed by atoms with Gasteiger partial charge in [-0.2, -0.15) is 0 Å². The predicted molar refractivity (Wildman–Crippen MR) is 94.7 cm³/mol. The molecule has 0 aliphatic heterocycles. The SMILES string of the molecule is Cc1cccc(-c2nnnc(-c3cccc(C)c3C)c2Cl)c1C. The molecule has 0 saturated heterocycles. The molecule has 116 valence electrons. The second-order valence-electron chi connectivity index (χ2n) is 5.80. The van der Waals surface area contributed by atoms with E-state index in [1.165, 1.54) is 11.1 Å². The summed E-state index contributed by atoms with van der Waals surface area (Å²) in [7, 11) is 0. The van der Waals surface area contributed by atoms with E-state index in [-0.39, 0.29) is 0 Å². The Balaban J connectivity index is 2.24. The Morgan fingerprint density at radius 2 is 1.13 bits per heavy atom. The molecule has 0 saturated carbocycles. The van der Waals surface area contributed by atoms with Crippen LogP contribution in [0, 0.1) is 27.7 Å². The second kappa shape index (κ2) is 6.09. The summed E-state index contributed by atoms with van der Waals surface area (Å²) in [5, 5.41) is 12.9. The number of hydrogen-bond donors (Lipinski definition) is 0. The van der Waals surface area contributed by atoms with E-state index < -0.39 is 0 Å². The van der Waals surface area contributed by atoms with E-state index in [1.807, 2.05) is 24.3 Å². The zero-order valence-corrected chi connectivity index (χ0v) is 14.4. The van der Waals surface area contributed by atoms with Gasteiger partial charge in [-0.1, -0.05) is 48.0 Å². The molecule has 1 aromatic heterocycles. The molecule has 3 aromatic rings.